The zero-order valence-corrected chi connectivity index (χ0v) is 13.5. The van der Waals surface area contributed by atoms with E-state index in [0.29, 0.717) is 18.5 Å². The Morgan fingerprint density at radius 3 is 2.50 bits per heavy atom. The average molecular weight is 325 g/mol. The van der Waals surface area contributed by atoms with E-state index < -0.39 is 5.97 Å². The van der Waals surface area contributed by atoms with Crippen molar-refractivity contribution in [2.24, 2.45) is 0 Å². The monoisotopic (exact) mass is 325 g/mol. The Kier molecular flexibility index (Phi) is 4.25. The highest BCUT2D eigenvalue weighted by Crippen LogP contribution is 2.32. The first kappa shape index (κ1) is 16.1. The lowest BCUT2D eigenvalue weighted by Crippen LogP contribution is -2.20. The molecule has 1 aliphatic carbocycles. The number of nitrogens with zero attached hydrogens (tertiary/aromatic N) is 1. The Morgan fingerprint density at radius 2 is 1.83 bits per heavy atom. The van der Waals surface area contributed by atoms with Crippen LogP contribution in [-0.4, -0.2) is 29.0 Å². The Hall–Kier alpha value is -2.82. The number of phenolic OH excluding ortho intramolecular Hbond substituents is 1. The molecular formula is C19H19NO4. The molecule has 3 rings (SSSR count). The second kappa shape index (κ2) is 6.35. The van der Waals surface area contributed by atoms with Gasteiger partial charge < -0.3 is 15.1 Å². The molecule has 0 atom stereocenters. The Balaban J connectivity index is 1.89. The predicted molar refractivity (Wildman–Crippen MR) is 90.9 cm³/mol. The number of anilines is 1. The first-order valence-corrected chi connectivity index (χ1v) is 7.89. The number of rotatable bonds is 4. The van der Waals surface area contributed by atoms with Crippen molar-refractivity contribution in [3.63, 3.8) is 0 Å². The standard InChI is InChI=1S/C19H19NO4/c1-20(13-7-5-12(6-8-13)19(23)24)11-16-14-3-2-4-17(21)15(14)9-10-18(16)22/h5-10,22H,2-4,11H2,1H3,(H,23,24). The number of aromatic carboxylic acids is 1. The van der Waals surface area contributed by atoms with Gasteiger partial charge in [0, 0.05) is 36.8 Å². The first-order chi connectivity index (χ1) is 11.5. The second-order valence-electron chi connectivity index (χ2n) is 6.07. The highest BCUT2D eigenvalue weighted by molar-refractivity contribution is 5.99. The molecule has 0 amide bonds. The van der Waals surface area contributed by atoms with Gasteiger partial charge in [-0.3, -0.25) is 4.79 Å². The topological polar surface area (TPSA) is 77.8 Å². The number of fused-ring (bicyclic) bond motifs is 1. The second-order valence-corrected chi connectivity index (χ2v) is 6.07. The molecule has 5 nitrogen and oxygen atoms in total. The van der Waals surface area contributed by atoms with Crippen molar-refractivity contribution in [1.82, 2.24) is 0 Å². The molecule has 0 aliphatic heterocycles. The van der Waals surface area contributed by atoms with Gasteiger partial charge in [0.25, 0.3) is 0 Å². The average Bonchev–Trinajstić information content (AvgIpc) is 2.57. The molecule has 0 heterocycles. The van der Waals surface area contributed by atoms with Crippen molar-refractivity contribution in [2.45, 2.75) is 25.8 Å². The molecule has 2 aromatic carbocycles. The van der Waals surface area contributed by atoms with Crippen molar-refractivity contribution >= 4 is 17.4 Å². The lowest BCUT2D eigenvalue weighted by molar-refractivity contribution is 0.0696. The number of carbonyl (C=O) groups excluding carboxylic acids is 1. The molecule has 0 aromatic heterocycles. The van der Waals surface area contributed by atoms with Crippen LogP contribution in [0.4, 0.5) is 5.69 Å². The van der Waals surface area contributed by atoms with Crippen LogP contribution < -0.4 is 4.90 Å². The molecule has 0 saturated heterocycles. The number of aromatic hydroxyl groups is 1. The van der Waals surface area contributed by atoms with E-state index in [9.17, 15) is 14.7 Å². The van der Waals surface area contributed by atoms with Crippen LogP contribution in [0.1, 0.15) is 44.7 Å². The van der Waals surface area contributed by atoms with Crippen molar-refractivity contribution in [2.75, 3.05) is 11.9 Å². The van der Waals surface area contributed by atoms with Gasteiger partial charge in [0.15, 0.2) is 5.78 Å². The summed E-state index contributed by atoms with van der Waals surface area (Å²) in [5.74, 6) is -0.638. The summed E-state index contributed by atoms with van der Waals surface area (Å²) in [7, 11) is 1.87. The molecule has 24 heavy (non-hydrogen) atoms. The zero-order valence-electron chi connectivity index (χ0n) is 13.5. The Bertz CT molecular complexity index is 796. The quantitative estimate of drug-likeness (QED) is 0.902. The molecule has 0 unspecified atom stereocenters. The molecule has 0 radical (unpaired) electrons. The van der Waals surface area contributed by atoms with Crippen LogP contribution >= 0.6 is 0 Å². The molecular weight excluding hydrogens is 306 g/mol. The number of Topliss-reactive ketones (excluding diaryl/α,β-unsaturated/α-hetero) is 1. The smallest absolute Gasteiger partial charge is 0.335 e. The predicted octanol–water partition coefficient (Wildman–Crippen LogP) is 3.25. The molecule has 0 spiro atoms. The lowest BCUT2D eigenvalue weighted by atomic mass is 9.86. The summed E-state index contributed by atoms with van der Waals surface area (Å²) < 4.78 is 0. The molecule has 0 bridgehead atoms. The SMILES string of the molecule is CN(Cc1c(O)ccc2c1CCCC2=O)c1ccc(C(=O)O)cc1. The first-order valence-electron chi connectivity index (χ1n) is 7.89. The van der Waals surface area contributed by atoms with Crippen LogP contribution in [0, 0.1) is 0 Å². The molecule has 1 aliphatic rings. The van der Waals surface area contributed by atoms with Crippen LogP contribution in [0.5, 0.6) is 5.75 Å². The third-order valence-corrected chi connectivity index (χ3v) is 4.49. The minimum Gasteiger partial charge on any atom is -0.508 e. The fourth-order valence-electron chi connectivity index (χ4n) is 3.15. The third kappa shape index (κ3) is 2.97. The normalized spacial score (nSPS) is 13.5. The number of ketones is 1. The van der Waals surface area contributed by atoms with Crippen molar-refractivity contribution < 1.29 is 19.8 Å². The van der Waals surface area contributed by atoms with Gasteiger partial charge in [0.05, 0.1) is 5.56 Å². The van der Waals surface area contributed by atoms with Crippen molar-refractivity contribution in [1.29, 1.82) is 0 Å². The van der Waals surface area contributed by atoms with E-state index in [0.717, 1.165) is 29.7 Å². The van der Waals surface area contributed by atoms with Crippen LogP contribution in [-0.2, 0) is 13.0 Å². The largest absolute Gasteiger partial charge is 0.508 e. The maximum absolute atomic E-state index is 12.1. The number of carbonyl (C=O) groups is 2. The van der Waals surface area contributed by atoms with Gasteiger partial charge in [-0.05, 0) is 54.8 Å². The summed E-state index contributed by atoms with van der Waals surface area (Å²) in [4.78, 5) is 24.9. The number of carboxylic acids is 1. The molecule has 0 fully saturated rings. The van der Waals surface area contributed by atoms with Gasteiger partial charge in [0.1, 0.15) is 5.75 Å². The Labute approximate surface area is 140 Å². The summed E-state index contributed by atoms with van der Waals surface area (Å²) in [5, 5.41) is 19.2. The van der Waals surface area contributed by atoms with Crippen LogP contribution in [0.3, 0.4) is 0 Å². The number of hydrogen-bond donors (Lipinski definition) is 2. The van der Waals surface area contributed by atoms with E-state index in [1.807, 2.05) is 11.9 Å². The van der Waals surface area contributed by atoms with Gasteiger partial charge in [0.2, 0.25) is 0 Å². The van der Waals surface area contributed by atoms with E-state index in [2.05, 4.69) is 0 Å². The maximum atomic E-state index is 12.1. The minimum absolute atomic E-state index is 0.131. The maximum Gasteiger partial charge on any atom is 0.335 e. The van der Waals surface area contributed by atoms with Gasteiger partial charge >= 0.3 is 5.97 Å². The summed E-state index contributed by atoms with van der Waals surface area (Å²) in [6, 6.07) is 9.87. The number of carboxylic acid groups (broad SMARTS) is 1. The van der Waals surface area contributed by atoms with E-state index in [1.165, 1.54) is 0 Å². The Morgan fingerprint density at radius 1 is 1.12 bits per heavy atom. The van der Waals surface area contributed by atoms with Crippen molar-refractivity contribution in [3.8, 4) is 5.75 Å². The third-order valence-electron chi connectivity index (χ3n) is 4.49. The number of benzene rings is 2. The van der Waals surface area contributed by atoms with Gasteiger partial charge in [-0.1, -0.05) is 0 Å². The van der Waals surface area contributed by atoms with E-state index >= 15 is 0 Å². The molecule has 2 aromatic rings. The number of hydrogen-bond acceptors (Lipinski definition) is 4. The lowest BCUT2D eigenvalue weighted by Gasteiger charge is -2.25. The summed E-state index contributed by atoms with van der Waals surface area (Å²) in [6.45, 7) is 0.453. The van der Waals surface area contributed by atoms with E-state index in [1.54, 1.807) is 36.4 Å². The van der Waals surface area contributed by atoms with Gasteiger partial charge in [-0.2, -0.15) is 0 Å². The van der Waals surface area contributed by atoms with Crippen LogP contribution in [0.15, 0.2) is 36.4 Å². The number of phenols is 1. The van der Waals surface area contributed by atoms with E-state index in [4.69, 9.17) is 5.11 Å². The zero-order chi connectivity index (χ0) is 17.3. The summed E-state index contributed by atoms with van der Waals surface area (Å²) in [6.07, 6.45) is 2.15. The minimum atomic E-state index is -0.961. The summed E-state index contributed by atoms with van der Waals surface area (Å²) >= 11 is 0. The molecule has 0 saturated carbocycles. The van der Waals surface area contributed by atoms with Crippen molar-refractivity contribution in [3.05, 3.63) is 58.7 Å². The van der Waals surface area contributed by atoms with Crippen LogP contribution in [0.2, 0.25) is 0 Å². The van der Waals surface area contributed by atoms with Crippen LogP contribution in [0.25, 0.3) is 0 Å². The molecule has 5 heteroatoms. The van der Waals surface area contributed by atoms with Gasteiger partial charge in [-0.25, -0.2) is 4.79 Å². The fraction of sp³-hybridized carbons (Fsp3) is 0.263. The summed E-state index contributed by atoms with van der Waals surface area (Å²) in [5.41, 5.74) is 3.49. The fourth-order valence-corrected chi connectivity index (χ4v) is 3.15. The highest BCUT2D eigenvalue weighted by atomic mass is 16.4. The molecule has 2 N–H and O–H groups in total. The highest BCUT2D eigenvalue weighted by Gasteiger charge is 2.22. The van der Waals surface area contributed by atoms with E-state index in [-0.39, 0.29) is 17.1 Å². The van der Waals surface area contributed by atoms with Gasteiger partial charge in [-0.15, -0.1) is 0 Å². The molecule has 124 valence electrons.